The highest BCUT2D eigenvalue weighted by atomic mass is 16.5. The van der Waals surface area contributed by atoms with Gasteiger partial charge in [-0.2, -0.15) is 0 Å². The molecule has 0 saturated carbocycles. The van der Waals surface area contributed by atoms with Crippen LogP contribution < -0.4 is 10.6 Å². The number of amides is 2. The largest absolute Gasteiger partial charge is 0.453 e. The molecule has 2 fully saturated rings. The Morgan fingerprint density at radius 2 is 2.26 bits per heavy atom. The number of alkyl carbamates (subject to hydrolysis) is 1. The monoisotopic (exact) mass is 269 g/mol. The van der Waals surface area contributed by atoms with Gasteiger partial charge in [0.05, 0.1) is 18.6 Å². The van der Waals surface area contributed by atoms with Gasteiger partial charge in [-0.05, 0) is 32.7 Å². The zero-order chi connectivity index (χ0) is 13.9. The topological polar surface area (TPSA) is 70.7 Å². The lowest BCUT2D eigenvalue weighted by atomic mass is 9.81. The van der Waals surface area contributed by atoms with Crippen LogP contribution in [0.15, 0.2) is 0 Å². The Bertz CT molecular complexity index is 353. The van der Waals surface area contributed by atoms with E-state index in [2.05, 4.69) is 15.4 Å². The van der Waals surface area contributed by atoms with E-state index in [4.69, 9.17) is 0 Å². The molecular weight excluding hydrogens is 246 g/mol. The van der Waals surface area contributed by atoms with E-state index in [0.717, 1.165) is 32.4 Å². The number of piperidine rings is 1. The summed E-state index contributed by atoms with van der Waals surface area (Å²) in [6.45, 7) is 5.07. The van der Waals surface area contributed by atoms with Gasteiger partial charge in [0.1, 0.15) is 0 Å². The van der Waals surface area contributed by atoms with Crippen molar-refractivity contribution in [3.8, 4) is 0 Å². The first-order valence-corrected chi connectivity index (χ1v) is 6.90. The van der Waals surface area contributed by atoms with Gasteiger partial charge in [0.25, 0.3) is 0 Å². The number of nitrogens with zero attached hydrogens (tertiary/aromatic N) is 1. The molecular formula is C13H23N3O3. The van der Waals surface area contributed by atoms with Gasteiger partial charge in [-0.25, -0.2) is 4.79 Å². The third-order valence-electron chi connectivity index (χ3n) is 4.10. The zero-order valence-corrected chi connectivity index (χ0v) is 11.7. The number of likely N-dealkylation sites (tertiary alicyclic amines) is 1. The molecule has 2 saturated heterocycles. The fraction of sp³-hybridized carbons (Fsp3) is 0.846. The van der Waals surface area contributed by atoms with Crippen molar-refractivity contribution in [1.29, 1.82) is 0 Å². The molecule has 0 aromatic rings. The van der Waals surface area contributed by atoms with Crippen molar-refractivity contribution in [3.63, 3.8) is 0 Å². The van der Waals surface area contributed by atoms with Crippen molar-refractivity contribution >= 4 is 12.0 Å². The molecule has 2 N–H and O–H groups in total. The molecule has 0 radical (unpaired) electrons. The van der Waals surface area contributed by atoms with Crippen LogP contribution >= 0.6 is 0 Å². The Kier molecular flexibility index (Phi) is 4.29. The van der Waals surface area contributed by atoms with Crippen LogP contribution in [0.4, 0.5) is 4.79 Å². The lowest BCUT2D eigenvalue weighted by Gasteiger charge is -2.36. The first-order valence-electron chi connectivity index (χ1n) is 6.90. The van der Waals surface area contributed by atoms with Crippen LogP contribution in [-0.4, -0.2) is 56.2 Å². The minimum atomic E-state index is -0.426. The van der Waals surface area contributed by atoms with E-state index in [9.17, 15) is 9.59 Å². The predicted molar refractivity (Wildman–Crippen MR) is 70.7 cm³/mol. The lowest BCUT2D eigenvalue weighted by Crippen LogP contribution is -2.50. The quantitative estimate of drug-likeness (QED) is 0.758. The first kappa shape index (κ1) is 14.1. The number of hydrogen-bond donors (Lipinski definition) is 2. The molecule has 0 bridgehead atoms. The van der Waals surface area contributed by atoms with Crippen LogP contribution in [-0.2, 0) is 9.53 Å². The molecule has 2 unspecified atom stereocenters. The van der Waals surface area contributed by atoms with E-state index >= 15 is 0 Å². The van der Waals surface area contributed by atoms with Gasteiger partial charge in [0.2, 0.25) is 5.91 Å². The minimum Gasteiger partial charge on any atom is -0.453 e. The van der Waals surface area contributed by atoms with Crippen LogP contribution in [0.25, 0.3) is 0 Å². The van der Waals surface area contributed by atoms with Gasteiger partial charge >= 0.3 is 6.09 Å². The number of methoxy groups -OCH3 is 1. The highest BCUT2D eigenvalue weighted by Crippen LogP contribution is 2.29. The summed E-state index contributed by atoms with van der Waals surface area (Å²) < 4.78 is 4.58. The van der Waals surface area contributed by atoms with E-state index in [1.165, 1.54) is 7.11 Å². The van der Waals surface area contributed by atoms with Crippen LogP contribution in [0, 0.1) is 5.41 Å². The first-order chi connectivity index (χ1) is 9.05. The summed E-state index contributed by atoms with van der Waals surface area (Å²) in [4.78, 5) is 25.6. The fourth-order valence-corrected chi connectivity index (χ4v) is 2.91. The normalized spacial score (nSPS) is 31.1. The number of hydrogen-bond acceptors (Lipinski definition) is 4. The van der Waals surface area contributed by atoms with Gasteiger partial charge in [0, 0.05) is 19.6 Å². The molecule has 2 aliphatic rings. The predicted octanol–water partition coefficient (Wildman–Crippen LogP) is 0.333. The summed E-state index contributed by atoms with van der Waals surface area (Å²) in [5.41, 5.74) is -0.293. The molecule has 0 spiro atoms. The second-order valence-corrected chi connectivity index (χ2v) is 5.71. The third kappa shape index (κ3) is 3.18. The summed E-state index contributed by atoms with van der Waals surface area (Å²) in [6.07, 6.45) is 2.35. The number of carbonyl (C=O) groups is 2. The maximum absolute atomic E-state index is 12.6. The van der Waals surface area contributed by atoms with Crippen molar-refractivity contribution in [1.82, 2.24) is 15.5 Å². The minimum absolute atomic E-state index is 0.0107. The maximum atomic E-state index is 12.6. The summed E-state index contributed by atoms with van der Waals surface area (Å²) in [6, 6.07) is 0.0107. The lowest BCUT2D eigenvalue weighted by molar-refractivity contribution is -0.141. The van der Waals surface area contributed by atoms with Crippen molar-refractivity contribution in [2.24, 2.45) is 5.41 Å². The van der Waals surface area contributed by atoms with E-state index in [1.54, 1.807) is 0 Å². The molecule has 2 heterocycles. The Morgan fingerprint density at radius 1 is 1.47 bits per heavy atom. The molecule has 0 aromatic carbocycles. The van der Waals surface area contributed by atoms with Crippen molar-refractivity contribution in [3.05, 3.63) is 0 Å². The number of rotatable bonds is 2. The summed E-state index contributed by atoms with van der Waals surface area (Å²) in [7, 11) is 1.35. The molecule has 6 heteroatoms. The Labute approximate surface area is 113 Å². The Balaban J connectivity index is 1.89. The fourth-order valence-electron chi connectivity index (χ4n) is 2.91. The molecule has 6 nitrogen and oxygen atoms in total. The van der Waals surface area contributed by atoms with E-state index in [-0.39, 0.29) is 17.4 Å². The molecule has 108 valence electrons. The van der Waals surface area contributed by atoms with Crippen molar-refractivity contribution in [2.45, 2.75) is 32.2 Å². The third-order valence-corrected chi connectivity index (χ3v) is 4.10. The standard InChI is InChI=1S/C13H23N3O3/c1-13(5-3-6-14-9-13)11(17)16-7-4-10(8-16)15-12(18)19-2/h10,14H,3-9H2,1-2H3,(H,15,18). The van der Waals surface area contributed by atoms with Crippen LogP contribution in [0.2, 0.25) is 0 Å². The maximum Gasteiger partial charge on any atom is 0.407 e. The van der Waals surface area contributed by atoms with E-state index in [0.29, 0.717) is 13.1 Å². The second-order valence-electron chi connectivity index (χ2n) is 5.71. The van der Waals surface area contributed by atoms with Crippen molar-refractivity contribution < 1.29 is 14.3 Å². The highest BCUT2D eigenvalue weighted by molar-refractivity contribution is 5.83. The van der Waals surface area contributed by atoms with Gasteiger partial charge in [0.15, 0.2) is 0 Å². The van der Waals surface area contributed by atoms with Crippen LogP contribution in [0.1, 0.15) is 26.2 Å². The van der Waals surface area contributed by atoms with Crippen LogP contribution in [0.5, 0.6) is 0 Å². The van der Waals surface area contributed by atoms with Gasteiger partial charge in [-0.15, -0.1) is 0 Å². The molecule has 0 aromatic heterocycles. The van der Waals surface area contributed by atoms with E-state index in [1.807, 2.05) is 11.8 Å². The van der Waals surface area contributed by atoms with Gasteiger partial charge < -0.3 is 20.3 Å². The average molecular weight is 269 g/mol. The highest BCUT2D eigenvalue weighted by Gasteiger charge is 2.40. The molecule has 2 atom stereocenters. The Morgan fingerprint density at radius 3 is 2.89 bits per heavy atom. The average Bonchev–Trinajstić information content (AvgIpc) is 2.87. The molecule has 2 amide bonds. The Hall–Kier alpha value is -1.30. The molecule has 19 heavy (non-hydrogen) atoms. The molecule has 2 aliphatic heterocycles. The second kappa shape index (κ2) is 5.77. The zero-order valence-electron chi connectivity index (χ0n) is 11.7. The number of carbonyl (C=O) groups excluding carboxylic acids is 2. The SMILES string of the molecule is COC(=O)NC1CCN(C(=O)C2(C)CCCNC2)C1. The number of nitrogens with one attached hydrogen (secondary N) is 2. The summed E-state index contributed by atoms with van der Waals surface area (Å²) in [5, 5.41) is 6.05. The van der Waals surface area contributed by atoms with Gasteiger partial charge in [-0.1, -0.05) is 0 Å². The summed E-state index contributed by atoms with van der Waals surface area (Å²) >= 11 is 0. The van der Waals surface area contributed by atoms with Crippen molar-refractivity contribution in [2.75, 3.05) is 33.3 Å². The molecule has 0 aliphatic carbocycles. The summed E-state index contributed by atoms with van der Waals surface area (Å²) in [5.74, 6) is 0.203. The number of ether oxygens (including phenoxy) is 1. The molecule has 2 rings (SSSR count). The van der Waals surface area contributed by atoms with Gasteiger partial charge in [-0.3, -0.25) is 4.79 Å². The smallest absolute Gasteiger partial charge is 0.407 e. The van der Waals surface area contributed by atoms with Crippen LogP contribution in [0.3, 0.4) is 0 Å². The van der Waals surface area contributed by atoms with E-state index < -0.39 is 6.09 Å².